The second-order valence-corrected chi connectivity index (χ2v) is 6.23. The Morgan fingerprint density at radius 3 is 2.84 bits per heavy atom. The van der Waals surface area contributed by atoms with Gasteiger partial charge in [-0.15, -0.1) is 0 Å². The Kier molecular flexibility index (Phi) is 4.61. The SMILES string of the molecule is CC(C)(C)OCC(N)CC1OCCc2ccccc21. The minimum atomic E-state index is -0.136. The molecule has 0 spiro atoms. The summed E-state index contributed by atoms with van der Waals surface area (Å²) < 4.78 is 11.6. The Bertz CT molecular complexity index is 411. The zero-order valence-corrected chi connectivity index (χ0v) is 12.2. The quantitative estimate of drug-likeness (QED) is 0.908. The lowest BCUT2D eigenvalue weighted by Gasteiger charge is -2.29. The van der Waals surface area contributed by atoms with Gasteiger partial charge >= 0.3 is 0 Å². The van der Waals surface area contributed by atoms with Gasteiger partial charge in [0.25, 0.3) is 0 Å². The lowest BCUT2D eigenvalue weighted by molar-refractivity contribution is -0.0244. The van der Waals surface area contributed by atoms with Crippen LogP contribution < -0.4 is 5.73 Å². The Balaban J connectivity index is 1.93. The molecule has 2 rings (SSSR count). The molecule has 2 unspecified atom stereocenters. The van der Waals surface area contributed by atoms with E-state index in [2.05, 4.69) is 24.3 Å². The molecule has 2 atom stereocenters. The number of fused-ring (bicyclic) bond motifs is 1. The van der Waals surface area contributed by atoms with Crippen molar-refractivity contribution in [2.45, 2.75) is 51.4 Å². The zero-order chi connectivity index (χ0) is 13.9. The summed E-state index contributed by atoms with van der Waals surface area (Å²) in [5, 5.41) is 0. The first-order chi connectivity index (χ1) is 8.96. The maximum absolute atomic E-state index is 6.16. The molecule has 2 N–H and O–H groups in total. The molecule has 1 heterocycles. The normalized spacial score (nSPS) is 20.9. The molecule has 0 bridgehead atoms. The van der Waals surface area contributed by atoms with Crippen LogP contribution in [0.3, 0.4) is 0 Å². The van der Waals surface area contributed by atoms with Crippen molar-refractivity contribution in [1.29, 1.82) is 0 Å². The van der Waals surface area contributed by atoms with Crippen molar-refractivity contribution in [2.24, 2.45) is 5.73 Å². The van der Waals surface area contributed by atoms with E-state index in [1.165, 1.54) is 11.1 Å². The van der Waals surface area contributed by atoms with Crippen LogP contribution in [0.4, 0.5) is 0 Å². The Morgan fingerprint density at radius 1 is 1.37 bits per heavy atom. The number of ether oxygens (including phenoxy) is 2. The third kappa shape index (κ3) is 4.30. The molecule has 1 aliphatic rings. The van der Waals surface area contributed by atoms with E-state index >= 15 is 0 Å². The Morgan fingerprint density at radius 2 is 2.11 bits per heavy atom. The van der Waals surface area contributed by atoms with Gasteiger partial charge in [0.05, 0.1) is 24.9 Å². The van der Waals surface area contributed by atoms with Crippen LogP contribution in [0.5, 0.6) is 0 Å². The molecule has 19 heavy (non-hydrogen) atoms. The highest BCUT2D eigenvalue weighted by Crippen LogP contribution is 2.30. The number of nitrogens with two attached hydrogens (primary N) is 1. The lowest BCUT2D eigenvalue weighted by Crippen LogP contribution is -2.34. The first-order valence-corrected chi connectivity index (χ1v) is 7.04. The fourth-order valence-electron chi connectivity index (χ4n) is 2.37. The average Bonchev–Trinajstić information content (AvgIpc) is 2.36. The van der Waals surface area contributed by atoms with Crippen LogP contribution in [0.25, 0.3) is 0 Å². The number of benzene rings is 1. The summed E-state index contributed by atoms with van der Waals surface area (Å²) in [6.07, 6.45) is 1.93. The van der Waals surface area contributed by atoms with E-state index in [0.29, 0.717) is 6.61 Å². The molecule has 0 fully saturated rings. The average molecular weight is 263 g/mol. The topological polar surface area (TPSA) is 44.5 Å². The molecule has 0 saturated heterocycles. The predicted molar refractivity (Wildman–Crippen MR) is 77.1 cm³/mol. The molecule has 0 radical (unpaired) electrons. The van der Waals surface area contributed by atoms with Crippen molar-refractivity contribution in [1.82, 2.24) is 0 Å². The molecule has 1 aliphatic heterocycles. The molecule has 0 aromatic heterocycles. The second-order valence-electron chi connectivity index (χ2n) is 6.23. The van der Waals surface area contributed by atoms with E-state index in [9.17, 15) is 0 Å². The zero-order valence-electron chi connectivity index (χ0n) is 12.2. The number of hydrogen-bond donors (Lipinski definition) is 1. The summed E-state index contributed by atoms with van der Waals surface area (Å²) in [6.45, 7) is 7.50. The van der Waals surface area contributed by atoms with E-state index in [4.69, 9.17) is 15.2 Å². The lowest BCUT2D eigenvalue weighted by atomic mass is 9.94. The molecule has 0 aliphatic carbocycles. The first-order valence-electron chi connectivity index (χ1n) is 7.04. The van der Waals surface area contributed by atoms with Crippen LogP contribution in [-0.4, -0.2) is 24.9 Å². The minimum absolute atomic E-state index is 0.00961. The van der Waals surface area contributed by atoms with Crippen molar-refractivity contribution >= 4 is 0 Å². The molecule has 1 aromatic rings. The van der Waals surface area contributed by atoms with E-state index in [-0.39, 0.29) is 17.7 Å². The summed E-state index contributed by atoms with van der Waals surface area (Å²) >= 11 is 0. The molecule has 0 saturated carbocycles. The van der Waals surface area contributed by atoms with Crippen LogP contribution in [0.2, 0.25) is 0 Å². The first kappa shape index (κ1) is 14.5. The third-order valence-corrected chi connectivity index (χ3v) is 3.34. The van der Waals surface area contributed by atoms with Gasteiger partial charge in [0.2, 0.25) is 0 Å². The van der Waals surface area contributed by atoms with E-state index in [1.807, 2.05) is 20.8 Å². The summed E-state index contributed by atoms with van der Waals surface area (Å²) in [7, 11) is 0. The molecule has 3 heteroatoms. The van der Waals surface area contributed by atoms with Gasteiger partial charge in [0, 0.05) is 6.04 Å². The summed E-state index contributed by atoms with van der Waals surface area (Å²) in [4.78, 5) is 0. The van der Waals surface area contributed by atoms with Crippen LogP contribution in [0.15, 0.2) is 24.3 Å². The molecule has 3 nitrogen and oxygen atoms in total. The molecule has 106 valence electrons. The standard InChI is InChI=1S/C16H25NO2/c1-16(2,3)19-11-13(17)10-15-14-7-5-4-6-12(14)8-9-18-15/h4-7,13,15H,8-11,17H2,1-3H3. The molecule has 1 aromatic carbocycles. The summed E-state index contributed by atoms with van der Waals surface area (Å²) in [6, 6.07) is 8.50. The van der Waals surface area contributed by atoms with E-state index in [0.717, 1.165) is 19.4 Å². The van der Waals surface area contributed by atoms with Gasteiger partial charge in [0.1, 0.15) is 0 Å². The summed E-state index contributed by atoms with van der Waals surface area (Å²) in [5.41, 5.74) is 8.71. The summed E-state index contributed by atoms with van der Waals surface area (Å²) in [5.74, 6) is 0. The van der Waals surface area contributed by atoms with Gasteiger partial charge in [-0.3, -0.25) is 0 Å². The van der Waals surface area contributed by atoms with Crippen molar-refractivity contribution in [3.8, 4) is 0 Å². The van der Waals surface area contributed by atoms with Crippen LogP contribution in [0, 0.1) is 0 Å². The maximum Gasteiger partial charge on any atom is 0.0843 e. The van der Waals surface area contributed by atoms with Crippen molar-refractivity contribution in [2.75, 3.05) is 13.2 Å². The Labute approximate surface area is 116 Å². The molecule has 0 amide bonds. The van der Waals surface area contributed by atoms with Crippen LogP contribution in [0.1, 0.15) is 44.4 Å². The molecular formula is C16H25NO2. The van der Waals surface area contributed by atoms with Gasteiger partial charge in [-0.2, -0.15) is 0 Å². The van der Waals surface area contributed by atoms with Crippen LogP contribution >= 0.6 is 0 Å². The fourth-order valence-corrected chi connectivity index (χ4v) is 2.37. The van der Waals surface area contributed by atoms with Crippen LogP contribution in [-0.2, 0) is 15.9 Å². The largest absolute Gasteiger partial charge is 0.374 e. The van der Waals surface area contributed by atoms with Gasteiger partial charge in [0.15, 0.2) is 0 Å². The highest BCUT2D eigenvalue weighted by molar-refractivity contribution is 5.30. The fraction of sp³-hybridized carbons (Fsp3) is 0.625. The van der Waals surface area contributed by atoms with Gasteiger partial charge < -0.3 is 15.2 Å². The third-order valence-electron chi connectivity index (χ3n) is 3.34. The van der Waals surface area contributed by atoms with Crippen molar-refractivity contribution in [3.63, 3.8) is 0 Å². The smallest absolute Gasteiger partial charge is 0.0843 e. The monoisotopic (exact) mass is 263 g/mol. The second kappa shape index (κ2) is 6.04. The predicted octanol–water partition coefficient (Wildman–Crippen LogP) is 2.83. The van der Waals surface area contributed by atoms with Gasteiger partial charge in [-0.05, 0) is 44.7 Å². The minimum Gasteiger partial charge on any atom is -0.374 e. The highest BCUT2D eigenvalue weighted by Gasteiger charge is 2.23. The Hall–Kier alpha value is -0.900. The van der Waals surface area contributed by atoms with Crippen molar-refractivity contribution < 1.29 is 9.47 Å². The maximum atomic E-state index is 6.16. The van der Waals surface area contributed by atoms with Gasteiger partial charge in [-0.1, -0.05) is 24.3 Å². The van der Waals surface area contributed by atoms with E-state index < -0.39 is 0 Å². The number of rotatable bonds is 4. The van der Waals surface area contributed by atoms with E-state index in [1.54, 1.807) is 0 Å². The molecular weight excluding hydrogens is 238 g/mol. The van der Waals surface area contributed by atoms with Gasteiger partial charge in [-0.25, -0.2) is 0 Å². The highest BCUT2D eigenvalue weighted by atomic mass is 16.5. The number of hydrogen-bond acceptors (Lipinski definition) is 3. The van der Waals surface area contributed by atoms with Crippen molar-refractivity contribution in [3.05, 3.63) is 35.4 Å².